The fraction of sp³-hybridized carbons (Fsp3) is 0.200. The standard InChI is InChI=1S/C25H18ClF3O2S/c26-24-3-1-2-20-22-10-4-15-14-18(9-11-19(15)21(22)12-13-23(20)24)32(30,31)17-7-5-16(6-8-17)25(27,28)29/h1-8,10,12-13,18H,9,11,14H2. The number of alkyl halides is 3. The molecule has 0 spiro atoms. The maximum absolute atomic E-state index is 13.1. The molecule has 164 valence electrons. The minimum Gasteiger partial charge on any atom is -0.223 e. The van der Waals surface area contributed by atoms with Gasteiger partial charge in [0.2, 0.25) is 0 Å². The van der Waals surface area contributed by atoms with E-state index in [1.807, 2.05) is 42.5 Å². The molecule has 0 aliphatic heterocycles. The van der Waals surface area contributed by atoms with Crippen LogP contribution in [-0.4, -0.2) is 13.7 Å². The molecule has 0 N–H and O–H groups in total. The Balaban J connectivity index is 1.51. The minimum absolute atomic E-state index is 0.0691. The van der Waals surface area contributed by atoms with Crippen molar-refractivity contribution in [2.75, 3.05) is 0 Å². The quantitative estimate of drug-likeness (QED) is 0.293. The van der Waals surface area contributed by atoms with Gasteiger partial charge in [-0.25, -0.2) is 8.42 Å². The van der Waals surface area contributed by atoms with Crippen LogP contribution >= 0.6 is 11.6 Å². The predicted molar refractivity (Wildman–Crippen MR) is 121 cm³/mol. The van der Waals surface area contributed by atoms with Gasteiger partial charge >= 0.3 is 6.18 Å². The highest BCUT2D eigenvalue weighted by Gasteiger charge is 2.34. The number of hydrogen-bond acceptors (Lipinski definition) is 2. The van der Waals surface area contributed by atoms with Crippen molar-refractivity contribution >= 4 is 43.0 Å². The number of rotatable bonds is 2. The van der Waals surface area contributed by atoms with E-state index in [-0.39, 0.29) is 4.90 Å². The topological polar surface area (TPSA) is 34.1 Å². The van der Waals surface area contributed by atoms with Crippen LogP contribution in [-0.2, 0) is 28.9 Å². The maximum atomic E-state index is 13.1. The molecule has 7 heteroatoms. The van der Waals surface area contributed by atoms with Crippen LogP contribution in [0.4, 0.5) is 13.2 Å². The third-order valence-corrected chi connectivity index (χ3v) is 8.87. The molecule has 0 amide bonds. The molecule has 0 fully saturated rings. The van der Waals surface area contributed by atoms with Gasteiger partial charge in [0.15, 0.2) is 9.84 Å². The number of sulfone groups is 1. The van der Waals surface area contributed by atoms with Gasteiger partial charge in [-0.15, -0.1) is 0 Å². The number of fused-ring (bicyclic) bond motifs is 5. The Hall–Kier alpha value is -2.57. The molecule has 1 aliphatic rings. The summed E-state index contributed by atoms with van der Waals surface area (Å²) in [5, 5.41) is 4.21. The molecule has 0 bridgehead atoms. The van der Waals surface area contributed by atoms with Crippen LogP contribution < -0.4 is 0 Å². The molecular weight excluding hydrogens is 457 g/mol. The smallest absolute Gasteiger partial charge is 0.223 e. The molecule has 0 radical (unpaired) electrons. The normalized spacial score (nSPS) is 16.9. The first-order chi connectivity index (χ1) is 15.2. The van der Waals surface area contributed by atoms with Crippen LogP contribution in [0.3, 0.4) is 0 Å². The van der Waals surface area contributed by atoms with Crippen molar-refractivity contribution in [3.05, 3.63) is 88.4 Å². The Morgan fingerprint density at radius 1 is 0.812 bits per heavy atom. The van der Waals surface area contributed by atoms with Crippen molar-refractivity contribution in [3.8, 4) is 0 Å². The zero-order chi connectivity index (χ0) is 22.7. The zero-order valence-electron chi connectivity index (χ0n) is 16.8. The molecular formula is C25H18ClF3O2S. The summed E-state index contributed by atoms with van der Waals surface area (Å²) < 4.78 is 64.8. The Labute approximate surface area is 188 Å². The van der Waals surface area contributed by atoms with E-state index in [1.54, 1.807) is 0 Å². The zero-order valence-corrected chi connectivity index (χ0v) is 18.4. The van der Waals surface area contributed by atoms with Crippen LogP contribution in [0, 0.1) is 0 Å². The number of hydrogen-bond donors (Lipinski definition) is 0. The first-order valence-electron chi connectivity index (χ1n) is 10.2. The molecule has 0 aromatic heterocycles. The van der Waals surface area contributed by atoms with Gasteiger partial charge in [-0.1, -0.05) is 48.0 Å². The van der Waals surface area contributed by atoms with Crippen LogP contribution in [0.5, 0.6) is 0 Å². The summed E-state index contributed by atoms with van der Waals surface area (Å²) in [4.78, 5) is -0.0691. The highest BCUT2D eigenvalue weighted by Crippen LogP contribution is 2.38. The molecule has 4 aromatic rings. The molecule has 0 heterocycles. The fourth-order valence-corrected chi connectivity index (χ4v) is 6.64. The molecule has 2 nitrogen and oxygen atoms in total. The first-order valence-corrected chi connectivity index (χ1v) is 12.1. The van der Waals surface area contributed by atoms with Gasteiger partial charge in [0, 0.05) is 10.4 Å². The summed E-state index contributed by atoms with van der Waals surface area (Å²) in [7, 11) is -3.75. The van der Waals surface area contributed by atoms with Crippen molar-refractivity contribution < 1.29 is 21.6 Å². The van der Waals surface area contributed by atoms with Crippen LogP contribution in [0.15, 0.2) is 71.6 Å². The summed E-state index contributed by atoms with van der Waals surface area (Å²) in [5.41, 5.74) is 1.23. The molecule has 0 saturated carbocycles. The van der Waals surface area contributed by atoms with E-state index < -0.39 is 26.8 Å². The third kappa shape index (κ3) is 3.46. The monoisotopic (exact) mass is 474 g/mol. The molecule has 1 atom stereocenters. The summed E-state index contributed by atoms with van der Waals surface area (Å²) in [6.07, 6.45) is -3.16. The average Bonchev–Trinajstić information content (AvgIpc) is 2.78. The Morgan fingerprint density at radius 2 is 1.47 bits per heavy atom. The second-order valence-corrected chi connectivity index (χ2v) is 10.8. The van der Waals surface area contributed by atoms with Crippen LogP contribution in [0.25, 0.3) is 21.5 Å². The Bertz CT molecular complexity index is 1460. The lowest BCUT2D eigenvalue weighted by molar-refractivity contribution is -0.137. The second-order valence-electron chi connectivity index (χ2n) is 8.13. The Morgan fingerprint density at radius 3 is 2.19 bits per heavy atom. The van der Waals surface area contributed by atoms with Gasteiger partial charge in [-0.3, -0.25) is 0 Å². The Kier molecular flexibility index (Phi) is 4.98. The molecule has 0 saturated heterocycles. The predicted octanol–water partition coefficient (Wildman–Crippen LogP) is 7.00. The highest BCUT2D eigenvalue weighted by atomic mass is 35.5. The van der Waals surface area contributed by atoms with E-state index in [2.05, 4.69) is 0 Å². The van der Waals surface area contributed by atoms with Crippen molar-refractivity contribution in [1.82, 2.24) is 0 Å². The third-order valence-electron chi connectivity index (χ3n) is 6.33. The molecule has 1 aliphatic carbocycles. The lowest BCUT2D eigenvalue weighted by Gasteiger charge is -2.26. The van der Waals surface area contributed by atoms with E-state index in [0.29, 0.717) is 24.3 Å². The van der Waals surface area contributed by atoms with Crippen LogP contribution in [0.1, 0.15) is 23.1 Å². The maximum Gasteiger partial charge on any atom is 0.416 e. The van der Waals surface area contributed by atoms with Crippen molar-refractivity contribution in [2.24, 2.45) is 0 Å². The van der Waals surface area contributed by atoms with Gasteiger partial charge in [0.1, 0.15) is 0 Å². The number of aryl methyl sites for hydroxylation is 1. The van der Waals surface area contributed by atoms with Gasteiger partial charge in [0.05, 0.1) is 15.7 Å². The van der Waals surface area contributed by atoms with Crippen LogP contribution in [0.2, 0.25) is 5.02 Å². The summed E-state index contributed by atoms with van der Waals surface area (Å²) in [6, 6.07) is 17.6. The minimum atomic E-state index is -4.50. The fourth-order valence-electron chi connectivity index (χ4n) is 4.67. The van der Waals surface area contributed by atoms with Gasteiger partial charge in [0.25, 0.3) is 0 Å². The average molecular weight is 475 g/mol. The van der Waals surface area contributed by atoms with Gasteiger partial charge in [-0.05, 0) is 76.9 Å². The van der Waals surface area contributed by atoms with Gasteiger partial charge < -0.3 is 0 Å². The van der Waals surface area contributed by atoms with Gasteiger partial charge in [-0.2, -0.15) is 13.2 Å². The van der Waals surface area contributed by atoms with E-state index in [4.69, 9.17) is 11.6 Å². The largest absolute Gasteiger partial charge is 0.416 e. The van der Waals surface area contributed by atoms with Crippen molar-refractivity contribution in [1.29, 1.82) is 0 Å². The number of benzene rings is 4. The summed E-state index contributed by atoms with van der Waals surface area (Å²) in [6.45, 7) is 0. The van der Waals surface area contributed by atoms with Crippen molar-refractivity contribution in [2.45, 2.75) is 35.6 Å². The first kappa shape index (κ1) is 21.3. The molecule has 32 heavy (non-hydrogen) atoms. The molecule has 1 unspecified atom stereocenters. The summed E-state index contributed by atoms with van der Waals surface area (Å²) >= 11 is 6.33. The number of halogens is 4. The summed E-state index contributed by atoms with van der Waals surface area (Å²) in [5.74, 6) is 0. The van der Waals surface area contributed by atoms with Crippen molar-refractivity contribution in [3.63, 3.8) is 0 Å². The second kappa shape index (κ2) is 7.49. The van der Waals surface area contributed by atoms with E-state index in [1.165, 1.54) is 0 Å². The SMILES string of the molecule is O=S(=O)(c1ccc(C(F)(F)F)cc1)C1CCc2c(ccc3c2ccc2c(Cl)cccc23)C1. The van der Waals surface area contributed by atoms with E-state index in [9.17, 15) is 21.6 Å². The molecule has 5 rings (SSSR count). The lowest BCUT2D eigenvalue weighted by atomic mass is 9.86. The highest BCUT2D eigenvalue weighted by molar-refractivity contribution is 7.92. The molecule has 4 aromatic carbocycles. The lowest BCUT2D eigenvalue weighted by Crippen LogP contribution is -2.28. The van der Waals surface area contributed by atoms with E-state index in [0.717, 1.165) is 56.9 Å². The van der Waals surface area contributed by atoms with E-state index >= 15 is 0 Å².